The summed E-state index contributed by atoms with van der Waals surface area (Å²) in [7, 11) is 0. The van der Waals surface area contributed by atoms with Gasteiger partial charge in [-0.1, -0.05) is 6.92 Å². The van der Waals surface area contributed by atoms with E-state index in [9.17, 15) is 47.0 Å². The van der Waals surface area contributed by atoms with E-state index < -0.39 is 76.0 Å². The molecule has 0 spiro atoms. The Kier molecular flexibility index (Phi) is 27.2. The molecule has 2 amide bonds. The van der Waals surface area contributed by atoms with Gasteiger partial charge in [-0.15, -0.1) is 0 Å². The molecule has 0 aliphatic carbocycles. The number of hydrogen-bond acceptors (Lipinski definition) is 20. The Morgan fingerprint density at radius 3 is 1.68 bits per heavy atom. The van der Waals surface area contributed by atoms with Crippen molar-refractivity contribution < 1.29 is 70.7 Å². The van der Waals surface area contributed by atoms with Gasteiger partial charge < -0.3 is 49.2 Å². The van der Waals surface area contributed by atoms with Crippen LogP contribution in [0, 0.1) is 0 Å². The highest BCUT2D eigenvalue weighted by atomic mass is 19.4. The highest BCUT2D eigenvalue weighted by molar-refractivity contribution is 5.96. The lowest BCUT2D eigenvalue weighted by Crippen LogP contribution is -2.55. The van der Waals surface area contributed by atoms with Crippen LogP contribution in [0.25, 0.3) is 11.3 Å². The van der Waals surface area contributed by atoms with Gasteiger partial charge in [0.15, 0.2) is 5.69 Å². The predicted molar refractivity (Wildman–Crippen MR) is 325 cm³/mol. The normalized spacial score (nSPS) is 17.1. The summed E-state index contributed by atoms with van der Waals surface area (Å²) in [5, 5.41) is 16.6. The van der Waals surface area contributed by atoms with E-state index in [1.165, 1.54) is 11.0 Å². The van der Waals surface area contributed by atoms with Crippen molar-refractivity contribution in [2.45, 2.75) is 150 Å². The van der Waals surface area contributed by atoms with Crippen LogP contribution in [-0.2, 0) is 50.9 Å². The van der Waals surface area contributed by atoms with Crippen molar-refractivity contribution in [3.63, 3.8) is 0 Å². The predicted octanol–water partition coefficient (Wildman–Crippen LogP) is 6.17. The number of esters is 3. The Labute approximate surface area is 516 Å². The molecule has 26 heteroatoms. The lowest BCUT2D eigenvalue weighted by atomic mass is 10.0. The van der Waals surface area contributed by atoms with Gasteiger partial charge in [0, 0.05) is 96.8 Å². The maximum absolute atomic E-state index is 14.3. The zero-order valence-electron chi connectivity index (χ0n) is 53.6. The molecular formula is C62H94F3N11O12. The van der Waals surface area contributed by atoms with Gasteiger partial charge in [0.2, 0.25) is 17.7 Å². The number of aromatic nitrogens is 3. The standard InChI is InChI=1S/C62H94F3N11O12/c1-13-43-38-75(57(81)45-21-24-51(84-14-2)70-55(45)62(63,64)65)35-36-76(43)49-23-22-46(44-19-18-26-67-56(44)85-15-3)68-48(49)37-66-25-17-16-20-47(58(82)83)69-50(77)39-71-27-29-72(40-52(78)86-59(4,5)6)31-33-74(42-54(80)88-61(10,11)12)34-32-73(30-28-71)41-53(79)87-60(7,8)9/h18-19,21-24,26,43,47,66H,13-17,20,25,27-42H2,1-12H3,(H,69,77)(H,82,83)/t43-,47-/m1/s1. The number of unbranched alkanes of at least 4 members (excludes halogenated alkanes) is 1. The first-order chi connectivity index (χ1) is 41.3. The van der Waals surface area contributed by atoms with Gasteiger partial charge >= 0.3 is 30.1 Å². The molecule has 2 fully saturated rings. The third-order valence-corrected chi connectivity index (χ3v) is 14.1. The molecule has 0 radical (unpaired) electrons. The van der Waals surface area contributed by atoms with Crippen molar-refractivity contribution in [2.75, 3.05) is 123 Å². The number of carboxylic acid groups (broad SMARTS) is 1. The minimum Gasteiger partial charge on any atom is -0.480 e. The maximum atomic E-state index is 14.3. The molecule has 3 aromatic heterocycles. The van der Waals surface area contributed by atoms with Crippen LogP contribution >= 0.6 is 0 Å². The third-order valence-electron chi connectivity index (χ3n) is 14.1. The van der Waals surface area contributed by atoms with Crippen LogP contribution in [0.15, 0.2) is 42.6 Å². The number of nitrogens with zero attached hydrogens (tertiary/aromatic N) is 9. The average molecular weight is 1240 g/mol. The Balaban J connectivity index is 1.27. The number of aliphatic carboxylic acids is 1. The van der Waals surface area contributed by atoms with E-state index in [4.69, 9.17) is 28.7 Å². The van der Waals surface area contributed by atoms with E-state index in [0.29, 0.717) is 94.5 Å². The number of ether oxygens (including phenoxy) is 5. The monoisotopic (exact) mass is 1240 g/mol. The van der Waals surface area contributed by atoms with Crippen LogP contribution in [0.4, 0.5) is 18.9 Å². The fourth-order valence-electron chi connectivity index (χ4n) is 10.2. The highest BCUT2D eigenvalue weighted by Gasteiger charge is 2.40. The second kappa shape index (κ2) is 33.2. The summed E-state index contributed by atoms with van der Waals surface area (Å²) in [5.41, 5.74) is -1.38. The van der Waals surface area contributed by atoms with Crippen molar-refractivity contribution in [3.8, 4) is 23.0 Å². The molecule has 2 aliphatic heterocycles. The molecule has 0 saturated carbocycles. The van der Waals surface area contributed by atoms with Gasteiger partial charge in [-0.25, -0.2) is 19.7 Å². The highest BCUT2D eigenvalue weighted by Crippen LogP contribution is 2.35. The summed E-state index contributed by atoms with van der Waals surface area (Å²) < 4.78 is 70.9. The van der Waals surface area contributed by atoms with Gasteiger partial charge in [0.1, 0.15) is 22.8 Å². The second-order valence-electron chi connectivity index (χ2n) is 24.9. The van der Waals surface area contributed by atoms with Crippen molar-refractivity contribution in [2.24, 2.45) is 0 Å². The van der Waals surface area contributed by atoms with Gasteiger partial charge in [-0.05, 0) is 139 Å². The second-order valence-corrected chi connectivity index (χ2v) is 24.9. The maximum Gasteiger partial charge on any atom is 0.434 e. The minimum absolute atomic E-state index is 0.0246. The molecule has 0 aromatic carbocycles. The van der Waals surface area contributed by atoms with Crippen LogP contribution in [0.1, 0.15) is 131 Å². The lowest BCUT2D eigenvalue weighted by Gasteiger charge is -2.43. The van der Waals surface area contributed by atoms with Crippen molar-refractivity contribution in [1.29, 1.82) is 0 Å². The molecule has 0 bridgehead atoms. The molecule has 0 unspecified atom stereocenters. The Bertz CT molecular complexity index is 2740. The molecule has 2 atom stereocenters. The molecule has 490 valence electrons. The number of amides is 2. The number of alkyl halides is 3. The summed E-state index contributed by atoms with van der Waals surface area (Å²) in [4.78, 5) is 104. The van der Waals surface area contributed by atoms with Crippen LogP contribution in [0.5, 0.6) is 11.8 Å². The number of carboxylic acids is 1. The Morgan fingerprint density at radius 2 is 1.19 bits per heavy atom. The van der Waals surface area contributed by atoms with Crippen molar-refractivity contribution >= 4 is 41.4 Å². The number of pyridine rings is 3. The fraction of sp³-hybridized carbons (Fsp3) is 0.661. The number of nitrogens with one attached hydrogen (secondary N) is 2. The van der Waals surface area contributed by atoms with Crippen molar-refractivity contribution in [1.82, 2.24) is 50.1 Å². The Hall–Kier alpha value is -6.74. The van der Waals surface area contributed by atoms with Crippen LogP contribution in [0.2, 0.25) is 0 Å². The molecule has 88 heavy (non-hydrogen) atoms. The quantitative estimate of drug-likeness (QED) is 0.0487. The molecule has 3 N–H and O–H groups in total. The van der Waals surface area contributed by atoms with Gasteiger partial charge in [0.25, 0.3) is 5.91 Å². The van der Waals surface area contributed by atoms with E-state index in [1.54, 1.807) is 81.5 Å². The van der Waals surface area contributed by atoms with E-state index in [-0.39, 0.29) is 90.4 Å². The first-order valence-corrected chi connectivity index (χ1v) is 30.5. The number of anilines is 1. The molecule has 5 heterocycles. The topological polar surface area (TPSA) is 251 Å². The van der Waals surface area contributed by atoms with Crippen LogP contribution < -0.4 is 25.0 Å². The van der Waals surface area contributed by atoms with Crippen LogP contribution in [0.3, 0.4) is 0 Å². The zero-order chi connectivity index (χ0) is 65.0. The van der Waals surface area contributed by atoms with Gasteiger partial charge in [-0.2, -0.15) is 13.2 Å². The molecule has 5 rings (SSSR count). The fourth-order valence-corrected chi connectivity index (χ4v) is 10.2. The minimum atomic E-state index is -4.90. The number of piperazine rings is 1. The molecule has 23 nitrogen and oxygen atoms in total. The van der Waals surface area contributed by atoms with Gasteiger partial charge in [0.05, 0.1) is 67.6 Å². The largest absolute Gasteiger partial charge is 0.480 e. The first-order valence-electron chi connectivity index (χ1n) is 30.5. The van der Waals surface area contributed by atoms with E-state index in [2.05, 4.69) is 25.5 Å². The Morgan fingerprint density at radius 1 is 0.659 bits per heavy atom. The summed E-state index contributed by atoms with van der Waals surface area (Å²) in [5.74, 6) is -3.63. The lowest BCUT2D eigenvalue weighted by molar-refractivity contribution is -0.158. The smallest absolute Gasteiger partial charge is 0.434 e. The average Bonchev–Trinajstić information content (AvgIpc) is 1.36. The first kappa shape index (κ1) is 72.0. The molecule has 2 saturated heterocycles. The number of rotatable bonds is 25. The SMILES string of the molecule is CCOc1ccc(C(=O)N2CCN(c3ccc(-c4cccnc4OCC)nc3CNCCCC[C@@H](NC(=O)CN3CCN(CC(=O)OC(C)(C)C)CCN(CC(=O)OC(C)(C)C)CCN(CC(=O)OC(C)(C)C)CC3)C(=O)O)[C@H](CC)C2)c(C(F)(F)F)n1. The van der Waals surface area contributed by atoms with E-state index in [1.807, 2.05) is 51.6 Å². The van der Waals surface area contributed by atoms with Gasteiger partial charge in [-0.3, -0.25) is 43.6 Å². The molecule has 3 aromatic rings. The summed E-state index contributed by atoms with van der Waals surface area (Å²) in [6, 6.07) is 8.29. The number of carbonyl (C=O) groups is 6. The van der Waals surface area contributed by atoms with E-state index >= 15 is 0 Å². The summed E-state index contributed by atoms with van der Waals surface area (Å²) >= 11 is 0. The van der Waals surface area contributed by atoms with Crippen LogP contribution in [-0.4, -0.2) is 227 Å². The summed E-state index contributed by atoms with van der Waals surface area (Å²) in [6.45, 7) is 25.5. The van der Waals surface area contributed by atoms with Crippen molar-refractivity contribution in [3.05, 3.63) is 59.5 Å². The zero-order valence-corrected chi connectivity index (χ0v) is 53.6. The number of hydrogen-bond donors (Lipinski definition) is 3. The molecule has 2 aliphatic rings. The van der Waals surface area contributed by atoms with E-state index in [0.717, 1.165) is 11.8 Å². The molecular weight excluding hydrogens is 1150 g/mol. The summed E-state index contributed by atoms with van der Waals surface area (Å²) in [6.07, 6.45) is -1.67. The third kappa shape index (κ3) is 24.3. The number of carbonyl (C=O) groups excluding carboxylic acids is 5. The number of halogens is 3.